The minimum absolute atomic E-state index is 0.457. The molecular formula is C18H14F3NO. The first-order valence-electron chi connectivity index (χ1n) is 7.06. The van der Waals surface area contributed by atoms with Gasteiger partial charge in [0.25, 0.3) is 0 Å². The monoisotopic (exact) mass is 317 g/mol. The number of para-hydroxylation sites is 1. The quantitative estimate of drug-likeness (QED) is 0.689. The lowest BCUT2D eigenvalue weighted by atomic mass is 10.0. The molecule has 0 radical (unpaired) electrons. The minimum atomic E-state index is -4.32. The summed E-state index contributed by atoms with van der Waals surface area (Å²) in [5.41, 5.74) is 1.78. The summed E-state index contributed by atoms with van der Waals surface area (Å²) in [6, 6.07) is 14.8. The standard InChI is InChI=1S/C18H14F3NO/c1-23-17-14(11-13-4-2-3-5-16(13)22-17)10-12-6-8-15(9-7-12)18(19,20)21/h2-9,11H,10H2,1H3. The van der Waals surface area contributed by atoms with Gasteiger partial charge in [-0.25, -0.2) is 4.98 Å². The van der Waals surface area contributed by atoms with Crippen LogP contribution in [0.4, 0.5) is 13.2 Å². The van der Waals surface area contributed by atoms with Crippen molar-refractivity contribution in [1.29, 1.82) is 0 Å². The molecule has 23 heavy (non-hydrogen) atoms. The number of pyridine rings is 1. The summed E-state index contributed by atoms with van der Waals surface area (Å²) in [5.74, 6) is 0.489. The highest BCUT2D eigenvalue weighted by molar-refractivity contribution is 5.80. The Labute approximate surface area is 131 Å². The van der Waals surface area contributed by atoms with Crippen molar-refractivity contribution in [1.82, 2.24) is 4.98 Å². The molecule has 2 nitrogen and oxygen atoms in total. The Bertz CT molecular complexity index is 826. The smallest absolute Gasteiger partial charge is 0.416 e. The fraction of sp³-hybridized carbons (Fsp3) is 0.167. The molecule has 0 spiro atoms. The Kier molecular flexibility index (Phi) is 3.94. The molecule has 0 fully saturated rings. The number of hydrogen-bond acceptors (Lipinski definition) is 2. The van der Waals surface area contributed by atoms with E-state index in [4.69, 9.17) is 4.74 Å². The first kappa shape index (κ1) is 15.3. The summed E-state index contributed by atoms with van der Waals surface area (Å²) < 4.78 is 43.1. The van der Waals surface area contributed by atoms with Gasteiger partial charge >= 0.3 is 6.18 Å². The Morgan fingerprint density at radius 1 is 1.00 bits per heavy atom. The highest BCUT2D eigenvalue weighted by Crippen LogP contribution is 2.30. The third kappa shape index (κ3) is 3.28. The van der Waals surface area contributed by atoms with Crippen molar-refractivity contribution in [3.63, 3.8) is 0 Å². The van der Waals surface area contributed by atoms with Crippen LogP contribution in [0.5, 0.6) is 5.88 Å². The molecule has 0 amide bonds. The van der Waals surface area contributed by atoms with E-state index in [0.717, 1.165) is 34.2 Å². The fourth-order valence-electron chi connectivity index (χ4n) is 2.48. The maximum Gasteiger partial charge on any atom is 0.416 e. The lowest BCUT2D eigenvalue weighted by molar-refractivity contribution is -0.137. The van der Waals surface area contributed by atoms with Crippen LogP contribution < -0.4 is 4.74 Å². The van der Waals surface area contributed by atoms with Crippen molar-refractivity contribution in [2.45, 2.75) is 12.6 Å². The van der Waals surface area contributed by atoms with Crippen LogP contribution in [-0.4, -0.2) is 12.1 Å². The number of alkyl halides is 3. The average Bonchev–Trinajstić information content (AvgIpc) is 2.54. The van der Waals surface area contributed by atoms with Crippen LogP contribution in [-0.2, 0) is 12.6 Å². The van der Waals surface area contributed by atoms with Gasteiger partial charge in [0.15, 0.2) is 0 Å². The zero-order chi connectivity index (χ0) is 16.4. The Hall–Kier alpha value is -2.56. The summed E-state index contributed by atoms with van der Waals surface area (Å²) in [6.45, 7) is 0. The van der Waals surface area contributed by atoms with E-state index in [2.05, 4.69) is 4.98 Å². The molecular weight excluding hydrogens is 303 g/mol. The summed E-state index contributed by atoms with van der Waals surface area (Å²) in [5, 5.41) is 0.968. The minimum Gasteiger partial charge on any atom is -0.481 e. The van der Waals surface area contributed by atoms with Gasteiger partial charge in [-0.3, -0.25) is 0 Å². The number of methoxy groups -OCH3 is 1. The van der Waals surface area contributed by atoms with Gasteiger partial charge in [-0.05, 0) is 29.8 Å². The molecule has 5 heteroatoms. The van der Waals surface area contributed by atoms with E-state index in [1.807, 2.05) is 30.3 Å². The lowest BCUT2D eigenvalue weighted by Crippen LogP contribution is -2.04. The first-order valence-corrected chi connectivity index (χ1v) is 7.06. The molecule has 0 unspecified atom stereocenters. The second-order valence-corrected chi connectivity index (χ2v) is 5.22. The largest absolute Gasteiger partial charge is 0.481 e. The molecule has 0 aliphatic rings. The molecule has 1 heterocycles. The molecule has 0 aliphatic heterocycles. The highest BCUT2D eigenvalue weighted by Gasteiger charge is 2.29. The zero-order valence-corrected chi connectivity index (χ0v) is 12.4. The van der Waals surface area contributed by atoms with Gasteiger partial charge in [-0.1, -0.05) is 30.3 Å². The second-order valence-electron chi connectivity index (χ2n) is 5.22. The highest BCUT2D eigenvalue weighted by atomic mass is 19.4. The van der Waals surface area contributed by atoms with Crippen LogP contribution in [0.3, 0.4) is 0 Å². The summed E-state index contributed by atoms with van der Waals surface area (Å²) >= 11 is 0. The van der Waals surface area contributed by atoms with Crippen LogP contribution >= 0.6 is 0 Å². The molecule has 2 aromatic carbocycles. The SMILES string of the molecule is COc1nc2ccccc2cc1Cc1ccc(C(F)(F)F)cc1. The van der Waals surface area contributed by atoms with Crippen molar-refractivity contribution >= 4 is 10.9 Å². The predicted octanol–water partition coefficient (Wildman–Crippen LogP) is 4.85. The molecule has 0 aliphatic carbocycles. The van der Waals surface area contributed by atoms with Crippen molar-refractivity contribution in [2.75, 3.05) is 7.11 Å². The van der Waals surface area contributed by atoms with Crippen molar-refractivity contribution < 1.29 is 17.9 Å². The summed E-state index contributed by atoms with van der Waals surface area (Å²) in [4.78, 5) is 4.44. The molecule has 0 saturated carbocycles. The number of benzene rings is 2. The van der Waals surface area contributed by atoms with E-state index >= 15 is 0 Å². The van der Waals surface area contributed by atoms with Crippen molar-refractivity contribution in [2.24, 2.45) is 0 Å². The molecule has 0 bridgehead atoms. The molecule has 0 saturated heterocycles. The lowest BCUT2D eigenvalue weighted by Gasteiger charge is -2.11. The van der Waals surface area contributed by atoms with Crippen molar-refractivity contribution in [3.05, 3.63) is 71.3 Å². The number of hydrogen-bond donors (Lipinski definition) is 0. The number of aromatic nitrogens is 1. The maximum absolute atomic E-state index is 12.6. The topological polar surface area (TPSA) is 22.1 Å². The van der Waals surface area contributed by atoms with Gasteiger partial charge in [0.1, 0.15) is 0 Å². The average molecular weight is 317 g/mol. The van der Waals surface area contributed by atoms with Gasteiger partial charge < -0.3 is 4.74 Å². The van der Waals surface area contributed by atoms with Crippen molar-refractivity contribution in [3.8, 4) is 5.88 Å². The van der Waals surface area contributed by atoms with Gasteiger partial charge in [-0.15, -0.1) is 0 Å². The van der Waals surface area contributed by atoms with E-state index in [1.54, 1.807) is 0 Å². The summed E-state index contributed by atoms with van der Waals surface area (Å²) in [6.07, 6.45) is -3.86. The summed E-state index contributed by atoms with van der Waals surface area (Å²) in [7, 11) is 1.54. The normalized spacial score (nSPS) is 11.7. The van der Waals surface area contributed by atoms with Gasteiger partial charge in [0.05, 0.1) is 18.2 Å². The van der Waals surface area contributed by atoms with Gasteiger partial charge in [0, 0.05) is 17.4 Å². The zero-order valence-electron chi connectivity index (χ0n) is 12.4. The Morgan fingerprint density at radius 2 is 1.70 bits per heavy atom. The number of halogens is 3. The Morgan fingerprint density at radius 3 is 2.35 bits per heavy atom. The molecule has 0 N–H and O–H groups in total. The van der Waals surface area contributed by atoms with Crippen LogP contribution in [0.1, 0.15) is 16.7 Å². The third-order valence-corrected chi connectivity index (χ3v) is 3.63. The van der Waals surface area contributed by atoms with Crippen LogP contribution in [0.25, 0.3) is 10.9 Å². The molecule has 3 rings (SSSR count). The number of ether oxygens (including phenoxy) is 1. The molecule has 0 atom stereocenters. The van der Waals surface area contributed by atoms with Crippen LogP contribution in [0, 0.1) is 0 Å². The van der Waals surface area contributed by atoms with Gasteiger partial charge in [-0.2, -0.15) is 13.2 Å². The fourth-order valence-corrected chi connectivity index (χ4v) is 2.48. The van der Waals surface area contributed by atoms with E-state index in [0.29, 0.717) is 12.3 Å². The van der Waals surface area contributed by atoms with E-state index < -0.39 is 11.7 Å². The van der Waals surface area contributed by atoms with Crippen LogP contribution in [0.2, 0.25) is 0 Å². The maximum atomic E-state index is 12.6. The molecule has 3 aromatic rings. The molecule has 118 valence electrons. The first-order chi connectivity index (χ1) is 11.0. The number of nitrogens with zero attached hydrogens (tertiary/aromatic N) is 1. The predicted molar refractivity (Wildman–Crippen MR) is 82.5 cm³/mol. The third-order valence-electron chi connectivity index (χ3n) is 3.63. The molecule has 1 aromatic heterocycles. The number of fused-ring (bicyclic) bond motifs is 1. The number of rotatable bonds is 3. The Balaban J connectivity index is 1.94. The van der Waals surface area contributed by atoms with Gasteiger partial charge in [0.2, 0.25) is 5.88 Å². The second kappa shape index (κ2) is 5.91. The van der Waals surface area contributed by atoms with Crippen LogP contribution in [0.15, 0.2) is 54.6 Å². The van der Waals surface area contributed by atoms with E-state index in [9.17, 15) is 13.2 Å². The van der Waals surface area contributed by atoms with E-state index in [1.165, 1.54) is 19.2 Å². The van der Waals surface area contributed by atoms with E-state index in [-0.39, 0.29) is 0 Å².